The van der Waals surface area contributed by atoms with Gasteiger partial charge in [0.25, 0.3) is 14.7 Å². The molecule has 4 unspecified atom stereocenters. The molecule has 7 N–H and O–H groups in total. The lowest BCUT2D eigenvalue weighted by molar-refractivity contribution is -0.290. The van der Waals surface area contributed by atoms with Gasteiger partial charge >= 0.3 is 24.7 Å². The van der Waals surface area contributed by atoms with Gasteiger partial charge in [0.2, 0.25) is 22.6 Å². The summed E-state index contributed by atoms with van der Waals surface area (Å²) in [5.74, 6) is -9.74. The van der Waals surface area contributed by atoms with Crippen molar-refractivity contribution in [3.63, 3.8) is 0 Å². The molecular weight excluding hydrogens is 1080 g/mol. The Kier molecular flexibility index (Phi) is 12.7. The van der Waals surface area contributed by atoms with Crippen LogP contribution in [0, 0.1) is 23.7 Å². The van der Waals surface area contributed by atoms with Crippen LogP contribution in [0.5, 0.6) is 34.5 Å². The topological polar surface area (TPSA) is 198 Å². The molecular formula is C54H38F12N4O9. The molecule has 2 fully saturated rings. The number of fused-ring (bicyclic) bond motifs is 5. The van der Waals surface area contributed by atoms with E-state index >= 15 is 26.3 Å². The summed E-state index contributed by atoms with van der Waals surface area (Å²) in [7, 11) is 1.17. The number of nitrogens with zero attached hydrogens (tertiary/aromatic N) is 1. The molecule has 3 aliphatic rings. The first-order valence-corrected chi connectivity index (χ1v) is 23.3. The van der Waals surface area contributed by atoms with Gasteiger partial charge in [-0.1, -0.05) is 36.4 Å². The van der Waals surface area contributed by atoms with Crippen molar-refractivity contribution in [3.05, 3.63) is 167 Å². The number of ether oxygens (including phenoxy) is 1. The Balaban J connectivity index is 0.927. The molecule has 0 radical (unpaired) electrons. The molecule has 1 saturated carbocycles. The lowest BCUT2D eigenvalue weighted by Gasteiger charge is -2.39. The lowest BCUT2D eigenvalue weighted by Crippen LogP contribution is -2.54. The number of halogens is 12. The molecule has 13 nitrogen and oxygen atoms in total. The molecule has 6 aromatic rings. The zero-order valence-corrected chi connectivity index (χ0v) is 40.0. The first-order chi connectivity index (χ1) is 38.0. The molecule has 412 valence electrons. The molecule has 6 aromatic carbocycles. The largest absolute Gasteiger partial charge is 0.506 e. The van der Waals surface area contributed by atoms with E-state index in [4.69, 9.17) is 7.60 Å². The first-order valence-electron chi connectivity index (χ1n) is 24.1. The Hall–Kier alpha value is -8.90. The highest BCUT2D eigenvalue weighted by molar-refractivity contribution is 6.23. The van der Waals surface area contributed by atoms with Gasteiger partial charge in [0.15, 0.2) is 0 Å². The zero-order valence-electron chi connectivity index (χ0n) is 42.0. The van der Waals surface area contributed by atoms with Crippen LogP contribution >= 0.6 is 0 Å². The molecule has 0 aromatic heterocycles. The number of rotatable bonds is 14. The minimum Gasteiger partial charge on any atom is -0.506 e. The Morgan fingerprint density at radius 2 is 0.873 bits per heavy atom. The summed E-state index contributed by atoms with van der Waals surface area (Å²) >= 11 is 0. The summed E-state index contributed by atoms with van der Waals surface area (Å²) in [6, 6.07) is 14.4. The number of nitrogens with one attached hydrogen (secondary N) is 3. The van der Waals surface area contributed by atoms with Crippen molar-refractivity contribution in [1.82, 2.24) is 0 Å². The van der Waals surface area contributed by atoms with Crippen LogP contribution in [0.15, 0.2) is 133 Å². The van der Waals surface area contributed by atoms with Gasteiger partial charge in [0.1, 0.15) is 34.5 Å². The van der Waals surface area contributed by atoms with Crippen LogP contribution < -0.4 is 25.6 Å². The van der Waals surface area contributed by atoms with Crippen molar-refractivity contribution >= 4 is 46.4 Å². The van der Waals surface area contributed by atoms with Gasteiger partial charge in [-0.05, 0) is 138 Å². The van der Waals surface area contributed by atoms with Crippen molar-refractivity contribution in [2.24, 2.45) is 23.7 Å². The number of phenolic OH excluding ortho intramolecular Hbond substituents is 4. The highest BCUT2D eigenvalue weighted by Crippen LogP contribution is 2.60. The quantitative estimate of drug-likeness (QED) is 0.0238. The number of hydrogen-bond donors (Lipinski definition) is 7. The van der Waals surface area contributed by atoms with E-state index in [0.29, 0.717) is 65.9 Å². The maximum Gasteiger partial charge on any atom is 0.411 e. The number of hydrogen-bond acceptors (Lipinski definition) is 10. The average molecular weight is 1120 g/mol. The molecule has 4 amide bonds. The van der Waals surface area contributed by atoms with Gasteiger partial charge in [-0.3, -0.25) is 19.2 Å². The van der Waals surface area contributed by atoms with Crippen molar-refractivity contribution < 1.29 is 97.0 Å². The highest BCUT2D eigenvalue weighted by atomic mass is 19.4. The van der Waals surface area contributed by atoms with E-state index in [1.54, 1.807) is 12.2 Å². The van der Waals surface area contributed by atoms with Gasteiger partial charge in [0, 0.05) is 18.2 Å². The minimum absolute atomic E-state index is 0.00509. The van der Waals surface area contributed by atoms with Crippen LogP contribution in [0.2, 0.25) is 0 Å². The number of allylic oxidation sites excluding steroid dienone is 2. The fourth-order valence-electron chi connectivity index (χ4n) is 10.6. The Morgan fingerprint density at radius 1 is 0.519 bits per heavy atom. The van der Waals surface area contributed by atoms with Crippen LogP contribution in [-0.4, -0.2) is 78.7 Å². The molecule has 1 heterocycles. The number of carbonyl (C=O) groups is 4. The Morgan fingerprint density at radius 3 is 1.27 bits per heavy atom. The molecule has 25 heteroatoms. The van der Waals surface area contributed by atoms with E-state index in [1.807, 2.05) is 0 Å². The number of phenols is 4. The van der Waals surface area contributed by atoms with E-state index in [1.165, 1.54) is 31.3 Å². The number of alkyl halides is 12. The van der Waals surface area contributed by atoms with E-state index in [0.717, 1.165) is 30.3 Å². The Bertz CT molecular complexity index is 3460. The number of amides is 4. The molecule has 0 spiro atoms. The van der Waals surface area contributed by atoms with Crippen molar-refractivity contribution in [3.8, 4) is 34.5 Å². The first kappa shape index (κ1) is 52.2. The average Bonchev–Trinajstić information content (AvgIpc) is 4.11. The predicted molar refractivity (Wildman–Crippen MR) is 257 cm³/mol. The van der Waals surface area contributed by atoms with E-state index < -0.39 is 151 Å². The normalized spacial score (nSPS) is 18.7. The number of benzene rings is 6. The third kappa shape index (κ3) is 8.98. The van der Waals surface area contributed by atoms with Gasteiger partial charge < -0.3 is 41.1 Å². The maximum absolute atomic E-state index is 15.5. The fourth-order valence-corrected chi connectivity index (χ4v) is 10.6. The third-order valence-electron chi connectivity index (χ3n) is 14.3. The maximum atomic E-state index is 15.5. The Labute approximate surface area is 440 Å². The summed E-state index contributed by atoms with van der Waals surface area (Å²) in [6.07, 6.45) is -20.8. The van der Waals surface area contributed by atoms with Gasteiger partial charge in [0.05, 0.1) is 34.6 Å². The molecule has 1 saturated heterocycles. The van der Waals surface area contributed by atoms with Gasteiger partial charge in [-0.2, -0.15) is 52.7 Å². The third-order valence-corrected chi connectivity index (χ3v) is 14.3. The second-order valence-corrected chi connectivity index (χ2v) is 18.7. The number of carbonyl (C=O) groups excluding carboxylic acids is 4. The van der Waals surface area contributed by atoms with Crippen molar-refractivity contribution in [2.45, 2.75) is 42.0 Å². The summed E-state index contributed by atoms with van der Waals surface area (Å²) in [6.45, 7) is 0. The molecule has 79 heavy (non-hydrogen) atoms. The molecule has 9 rings (SSSR count). The summed E-state index contributed by atoms with van der Waals surface area (Å²) in [5, 5.41) is 36.6. The fraction of sp³-hybridized carbons (Fsp3) is 0.222. The smallest absolute Gasteiger partial charge is 0.411 e. The predicted octanol–water partition coefficient (Wildman–Crippen LogP) is 12.0. The van der Waals surface area contributed by atoms with Gasteiger partial charge in [-0.15, -0.1) is 0 Å². The van der Waals surface area contributed by atoms with Gasteiger partial charge in [-0.25, -0.2) is 4.90 Å². The van der Waals surface area contributed by atoms with Crippen LogP contribution in [0.25, 0.3) is 0 Å². The summed E-state index contributed by atoms with van der Waals surface area (Å²) < 4.78 is 203. The van der Waals surface area contributed by atoms with Crippen LogP contribution in [-0.2, 0) is 20.4 Å². The van der Waals surface area contributed by atoms with Crippen LogP contribution in [0.4, 0.5) is 75.4 Å². The van der Waals surface area contributed by atoms with Crippen molar-refractivity contribution in [2.75, 3.05) is 27.9 Å². The molecule has 2 bridgehead atoms. The van der Waals surface area contributed by atoms with E-state index in [9.17, 15) is 55.7 Å². The number of aromatic hydroxyl groups is 4. The molecule has 2 aliphatic carbocycles. The molecule has 4 atom stereocenters. The van der Waals surface area contributed by atoms with E-state index in [2.05, 4.69) is 26.2 Å². The van der Waals surface area contributed by atoms with Crippen LogP contribution in [0.1, 0.15) is 49.4 Å². The standard InChI is InChI=1S/C54H38F12N4O9/c1-67-35-21-29(8-16-39(35)71)49(51(55,56)57,52(58,59)60)30-9-17-40(72)36(22-30)68-45(75)25-4-12-33(13-5-25)79-34-14-6-26(7-15-34)46(76)69-37-23-31(10-18-41(37)73)50(53(61,62)63,54(64,65)66)32-11-19-42(74)38(24-32)70-47(77)43-27-2-3-28(20-27)44(43)48(70)78/h2-19,21-24,27-28,43-44,67,71-74H,20H2,1H3,(H,68,75)(H,69,76)/i/hD2. The summed E-state index contributed by atoms with van der Waals surface area (Å²) in [5.41, 5.74) is -19.2. The lowest BCUT2D eigenvalue weighted by atomic mass is 9.72. The SMILES string of the molecule is [2H]Oc1ccc(C(c2ccc(O)c(NC(=O)c3ccc(Oc4ccc(C(=O)Nc5cc(C(c6ccc(O)c(N7C(=O)C8C9C=CC(C9)C8C7=O)c6)(C(F)(F)F)C(F)(F)F)ccc5O[2H])cc4)cc3)c2)(C(F)(F)F)C(F)(F)F)cc1NC. The van der Waals surface area contributed by atoms with E-state index in [-0.39, 0.29) is 34.8 Å². The minimum atomic E-state index is -6.26. The molecule has 1 aliphatic heterocycles. The van der Waals surface area contributed by atoms with Crippen LogP contribution in [0.3, 0.4) is 0 Å². The number of anilines is 4. The van der Waals surface area contributed by atoms with Crippen molar-refractivity contribution in [1.29, 1.82) is 2.86 Å². The second kappa shape index (κ2) is 19.2. The zero-order chi connectivity index (χ0) is 58.9. The highest BCUT2D eigenvalue weighted by Gasteiger charge is 2.74. The second-order valence-electron chi connectivity index (χ2n) is 18.7. The monoisotopic (exact) mass is 1120 g/mol. The number of imide groups is 1. The summed E-state index contributed by atoms with van der Waals surface area (Å²) in [4.78, 5) is 54.4.